The van der Waals surface area contributed by atoms with Crippen molar-refractivity contribution in [3.63, 3.8) is 0 Å². The van der Waals surface area contributed by atoms with Crippen LogP contribution in [0.2, 0.25) is 0 Å². The van der Waals surface area contributed by atoms with Crippen molar-refractivity contribution in [1.29, 1.82) is 0 Å². The van der Waals surface area contributed by atoms with Gasteiger partial charge in [-0.25, -0.2) is 4.98 Å². The summed E-state index contributed by atoms with van der Waals surface area (Å²) in [5, 5.41) is 0. The van der Waals surface area contributed by atoms with Crippen LogP contribution in [0.4, 0.5) is 13.2 Å². The van der Waals surface area contributed by atoms with Gasteiger partial charge in [0.15, 0.2) is 0 Å². The number of imidazole rings is 1. The molecule has 15 heavy (non-hydrogen) atoms. The highest BCUT2D eigenvalue weighted by atomic mass is 19.4. The number of fused-ring (bicyclic) bond motifs is 1. The Hall–Kier alpha value is -1.52. The number of aromatic nitrogens is 2. The molecule has 0 aliphatic heterocycles. The minimum atomic E-state index is -4.40. The molecule has 0 saturated heterocycles. The molecule has 0 saturated carbocycles. The van der Waals surface area contributed by atoms with Crippen LogP contribution < -0.4 is 0 Å². The molecular formula is C10H9F3N2. The fourth-order valence-corrected chi connectivity index (χ4v) is 1.45. The lowest BCUT2D eigenvalue weighted by Crippen LogP contribution is -2.10. The maximum atomic E-state index is 12.5. The minimum absolute atomic E-state index is 0.458. The molecule has 0 aromatic carbocycles. The third-order valence-electron chi connectivity index (χ3n) is 2.25. The van der Waals surface area contributed by atoms with Crippen molar-refractivity contribution >= 4 is 5.52 Å². The Morgan fingerprint density at radius 1 is 1.33 bits per heavy atom. The number of aryl methyl sites for hydroxylation is 1. The van der Waals surface area contributed by atoms with Crippen LogP contribution in [0.25, 0.3) is 5.52 Å². The highest BCUT2D eigenvalue weighted by molar-refractivity contribution is 5.47. The first-order chi connectivity index (χ1) is 7.02. The van der Waals surface area contributed by atoms with E-state index in [2.05, 4.69) is 4.98 Å². The Morgan fingerprint density at radius 3 is 2.67 bits per heavy atom. The molecule has 0 spiro atoms. The Morgan fingerprint density at radius 2 is 2.07 bits per heavy atom. The standard InChI is InChI=1S/C10H9F3N2/c1-2-7-3-4-8-5-14-9(10(11,12)13)15(8)6-7/h3-6H,2H2,1H3. The van der Waals surface area contributed by atoms with Crippen molar-refractivity contribution < 1.29 is 13.2 Å². The molecule has 2 nitrogen and oxygen atoms in total. The number of pyridine rings is 1. The third-order valence-corrected chi connectivity index (χ3v) is 2.25. The first-order valence-corrected chi connectivity index (χ1v) is 4.55. The van der Waals surface area contributed by atoms with E-state index in [0.29, 0.717) is 11.9 Å². The van der Waals surface area contributed by atoms with E-state index in [4.69, 9.17) is 0 Å². The monoisotopic (exact) mass is 214 g/mol. The molecule has 5 heteroatoms. The molecule has 0 amide bonds. The van der Waals surface area contributed by atoms with Crippen molar-refractivity contribution in [2.45, 2.75) is 19.5 Å². The molecule has 0 aliphatic rings. The number of rotatable bonds is 1. The summed E-state index contributed by atoms with van der Waals surface area (Å²) in [5.74, 6) is -0.868. The van der Waals surface area contributed by atoms with Crippen molar-refractivity contribution in [1.82, 2.24) is 9.38 Å². The zero-order valence-electron chi connectivity index (χ0n) is 8.04. The van der Waals surface area contributed by atoms with Gasteiger partial charge < -0.3 is 0 Å². The lowest BCUT2D eigenvalue weighted by molar-refractivity contribution is -0.145. The largest absolute Gasteiger partial charge is 0.450 e. The van der Waals surface area contributed by atoms with Crippen LogP contribution in [-0.2, 0) is 12.6 Å². The maximum absolute atomic E-state index is 12.5. The molecule has 0 atom stereocenters. The van der Waals surface area contributed by atoms with Gasteiger partial charge in [0, 0.05) is 6.20 Å². The van der Waals surface area contributed by atoms with Gasteiger partial charge >= 0.3 is 6.18 Å². The SMILES string of the molecule is CCc1ccc2cnc(C(F)(F)F)n2c1. The predicted octanol–water partition coefficient (Wildman–Crippen LogP) is 2.92. The van der Waals surface area contributed by atoms with Crippen LogP contribution in [0.3, 0.4) is 0 Å². The average molecular weight is 214 g/mol. The highest BCUT2D eigenvalue weighted by Gasteiger charge is 2.35. The van der Waals surface area contributed by atoms with Gasteiger partial charge in [-0.2, -0.15) is 13.2 Å². The van der Waals surface area contributed by atoms with Crippen LogP contribution in [0.5, 0.6) is 0 Å². The van der Waals surface area contributed by atoms with E-state index in [-0.39, 0.29) is 0 Å². The molecule has 0 radical (unpaired) electrons. The normalized spacial score (nSPS) is 12.3. The average Bonchev–Trinajstić information content (AvgIpc) is 2.59. The first-order valence-electron chi connectivity index (χ1n) is 4.55. The second-order valence-corrected chi connectivity index (χ2v) is 3.27. The summed E-state index contributed by atoms with van der Waals surface area (Å²) in [5.41, 5.74) is 1.31. The van der Waals surface area contributed by atoms with Crippen molar-refractivity contribution in [2.24, 2.45) is 0 Å². The zero-order valence-corrected chi connectivity index (χ0v) is 8.04. The summed E-state index contributed by atoms with van der Waals surface area (Å²) in [6.07, 6.45) is -1.00. The Balaban J connectivity index is 2.67. The highest BCUT2D eigenvalue weighted by Crippen LogP contribution is 2.28. The smallest absolute Gasteiger partial charge is 0.296 e. The van der Waals surface area contributed by atoms with E-state index < -0.39 is 12.0 Å². The first kappa shape index (κ1) is 10.0. The summed E-state index contributed by atoms with van der Waals surface area (Å²) < 4.78 is 38.6. The van der Waals surface area contributed by atoms with Crippen molar-refractivity contribution in [3.05, 3.63) is 35.9 Å². The Kier molecular flexibility index (Phi) is 2.17. The number of halogens is 3. The van der Waals surface area contributed by atoms with Crippen molar-refractivity contribution in [3.8, 4) is 0 Å². The summed E-state index contributed by atoms with van der Waals surface area (Å²) in [6, 6.07) is 3.44. The Labute approximate surface area is 84.4 Å². The van der Waals surface area contributed by atoms with Gasteiger partial charge in [-0.1, -0.05) is 13.0 Å². The van der Waals surface area contributed by atoms with Crippen molar-refractivity contribution in [2.75, 3.05) is 0 Å². The van der Waals surface area contributed by atoms with Crippen LogP contribution in [-0.4, -0.2) is 9.38 Å². The predicted molar refractivity (Wildman–Crippen MR) is 49.6 cm³/mol. The topological polar surface area (TPSA) is 17.3 Å². The molecule has 2 aromatic rings. The maximum Gasteiger partial charge on any atom is 0.450 e. The molecule has 0 N–H and O–H groups in total. The number of hydrogen-bond donors (Lipinski definition) is 0. The van der Waals surface area contributed by atoms with Gasteiger partial charge in [0.25, 0.3) is 0 Å². The lowest BCUT2D eigenvalue weighted by atomic mass is 10.2. The summed E-state index contributed by atoms with van der Waals surface area (Å²) in [6.45, 7) is 1.89. The number of hydrogen-bond acceptors (Lipinski definition) is 1. The van der Waals surface area contributed by atoms with Crippen LogP contribution in [0.15, 0.2) is 24.5 Å². The van der Waals surface area contributed by atoms with Gasteiger partial charge in [0.2, 0.25) is 5.82 Å². The molecule has 0 fully saturated rings. The van der Waals surface area contributed by atoms with Crippen LogP contribution >= 0.6 is 0 Å². The molecule has 2 heterocycles. The molecule has 2 rings (SSSR count). The fourth-order valence-electron chi connectivity index (χ4n) is 1.45. The fraction of sp³-hybridized carbons (Fsp3) is 0.300. The second-order valence-electron chi connectivity index (χ2n) is 3.27. The van der Waals surface area contributed by atoms with Gasteiger partial charge in [-0.3, -0.25) is 4.40 Å². The molecule has 0 bridgehead atoms. The summed E-state index contributed by atoms with van der Waals surface area (Å²) >= 11 is 0. The van der Waals surface area contributed by atoms with E-state index in [1.165, 1.54) is 12.4 Å². The molecular weight excluding hydrogens is 205 g/mol. The van der Waals surface area contributed by atoms with E-state index in [9.17, 15) is 13.2 Å². The minimum Gasteiger partial charge on any atom is -0.296 e. The van der Waals surface area contributed by atoms with E-state index in [0.717, 1.165) is 9.96 Å². The van der Waals surface area contributed by atoms with Gasteiger partial charge in [0.1, 0.15) is 0 Å². The summed E-state index contributed by atoms with van der Waals surface area (Å²) in [7, 11) is 0. The quantitative estimate of drug-likeness (QED) is 0.713. The Bertz CT molecular complexity index is 485. The zero-order chi connectivity index (χ0) is 11.1. The van der Waals surface area contributed by atoms with E-state index >= 15 is 0 Å². The van der Waals surface area contributed by atoms with Gasteiger partial charge in [-0.05, 0) is 18.1 Å². The second kappa shape index (κ2) is 3.25. The molecule has 2 aromatic heterocycles. The van der Waals surface area contributed by atoms with E-state index in [1.54, 1.807) is 12.1 Å². The number of nitrogens with zero attached hydrogens (tertiary/aromatic N) is 2. The molecule has 0 aliphatic carbocycles. The molecule has 80 valence electrons. The van der Waals surface area contributed by atoms with Crippen LogP contribution in [0.1, 0.15) is 18.3 Å². The molecule has 0 unspecified atom stereocenters. The van der Waals surface area contributed by atoms with E-state index in [1.807, 2.05) is 6.92 Å². The number of alkyl halides is 3. The van der Waals surface area contributed by atoms with Crippen LogP contribution in [0, 0.1) is 0 Å². The summed E-state index contributed by atoms with van der Waals surface area (Å²) in [4.78, 5) is 3.38. The van der Waals surface area contributed by atoms with Gasteiger partial charge in [-0.15, -0.1) is 0 Å². The lowest BCUT2D eigenvalue weighted by Gasteiger charge is -2.06. The van der Waals surface area contributed by atoms with Gasteiger partial charge in [0.05, 0.1) is 11.7 Å². The third kappa shape index (κ3) is 1.69.